The molecule has 0 spiro atoms. The molecule has 0 aliphatic carbocycles. The van der Waals surface area contributed by atoms with Crippen molar-refractivity contribution in [3.05, 3.63) is 28.2 Å². The van der Waals surface area contributed by atoms with E-state index in [0.717, 1.165) is 15.7 Å². The molecular formula is C13H19BrN2O2. The van der Waals surface area contributed by atoms with Gasteiger partial charge in [-0.25, -0.2) is 0 Å². The highest BCUT2D eigenvalue weighted by molar-refractivity contribution is 9.10. The summed E-state index contributed by atoms with van der Waals surface area (Å²) in [6.45, 7) is 2.98. The summed E-state index contributed by atoms with van der Waals surface area (Å²) < 4.78 is 0.936. The molecule has 0 aromatic heterocycles. The maximum absolute atomic E-state index is 11.8. The van der Waals surface area contributed by atoms with Gasteiger partial charge in [-0.05, 0) is 19.1 Å². The van der Waals surface area contributed by atoms with Crippen molar-refractivity contribution < 1.29 is 9.90 Å². The first-order chi connectivity index (χ1) is 8.49. The van der Waals surface area contributed by atoms with Gasteiger partial charge in [0.05, 0.1) is 13.2 Å². The number of benzene rings is 1. The molecule has 1 aromatic rings. The predicted molar refractivity (Wildman–Crippen MR) is 76.6 cm³/mol. The second-order valence-corrected chi connectivity index (χ2v) is 5.15. The molecular weight excluding hydrogens is 296 g/mol. The van der Waals surface area contributed by atoms with Crippen molar-refractivity contribution in [1.82, 2.24) is 4.90 Å². The molecule has 100 valence electrons. The Balaban J connectivity index is 3.00. The van der Waals surface area contributed by atoms with Crippen molar-refractivity contribution in [3.63, 3.8) is 0 Å². The lowest BCUT2D eigenvalue weighted by Gasteiger charge is -2.26. The Kier molecular flexibility index (Phi) is 5.62. The van der Waals surface area contributed by atoms with E-state index < -0.39 is 0 Å². The minimum atomic E-state index is -0.0325. The van der Waals surface area contributed by atoms with Crippen molar-refractivity contribution in [2.75, 3.05) is 32.1 Å². The highest BCUT2D eigenvalue weighted by atomic mass is 79.9. The van der Waals surface area contributed by atoms with Crippen molar-refractivity contribution in [1.29, 1.82) is 0 Å². The monoisotopic (exact) mass is 314 g/mol. The lowest BCUT2D eigenvalue weighted by molar-refractivity contribution is -0.127. The number of carbonyl (C=O) groups is 1. The molecule has 0 radical (unpaired) electrons. The van der Waals surface area contributed by atoms with Crippen LogP contribution < -0.4 is 4.90 Å². The van der Waals surface area contributed by atoms with E-state index in [1.165, 1.54) is 0 Å². The third kappa shape index (κ3) is 3.71. The number of halogens is 1. The molecule has 4 nitrogen and oxygen atoms in total. The number of anilines is 1. The summed E-state index contributed by atoms with van der Waals surface area (Å²) >= 11 is 3.41. The maximum Gasteiger partial charge on any atom is 0.241 e. The average molecular weight is 315 g/mol. The summed E-state index contributed by atoms with van der Waals surface area (Å²) in [7, 11) is 3.48. The number of nitrogens with zero attached hydrogens (tertiary/aromatic N) is 2. The molecule has 0 fully saturated rings. The van der Waals surface area contributed by atoms with Crippen LogP contribution in [0.4, 0.5) is 5.69 Å². The number of likely N-dealkylation sites (N-methyl/N-ethyl adjacent to an activating group) is 2. The summed E-state index contributed by atoms with van der Waals surface area (Å²) in [4.78, 5) is 15.3. The van der Waals surface area contributed by atoms with Crippen LogP contribution in [0.2, 0.25) is 0 Å². The summed E-state index contributed by atoms with van der Waals surface area (Å²) in [6, 6.07) is 5.68. The van der Waals surface area contributed by atoms with E-state index in [2.05, 4.69) is 15.9 Å². The molecule has 1 aromatic carbocycles. The van der Waals surface area contributed by atoms with Crippen molar-refractivity contribution in [2.45, 2.75) is 13.5 Å². The van der Waals surface area contributed by atoms with Crippen LogP contribution in [0.25, 0.3) is 0 Å². The molecule has 5 heteroatoms. The summed E-state index contributed by atoms with van der Waals surface area (Å²) in [6.07, 6.45) is 0. The molecule has 0 saturated carbocycles. The van der Waals surface area contributed by atoms with Gasteiger partial charge in [-0.15, -0.1) is 0 Å². The average Bonchev–Trinajstić information content (AvgIpc) is 2.35. The van der Waals surface area contributed by atoms with Crippen molar-refractivity contribution in [2.24, 2.45) is 0 Å². The van der Waals surface area contributed by atoms with Gasteiger partial charge in [0.2, 0.25) is 5.91 Å². The normalized spacial score (nSPS) is 10.3. The SMILES string of the molecule is CCN(CC(=O)N(C)C)c1cc(Br)ccc1CO. The Labute approximate surface area is 116 Å². The van der Waals surface area contributed by atoms with Crippen LogP contribution in [0.5, 0.6) is 0 Å². The molecule has 0 unspecified atom stereocenters. The standard InChI is InChI=1S/C13H19BrN2O2/c1-4-16(8-13(18)15(2)3)12-7-11(14)6-5-10(12)9-17/h5-7,17H,4,8-9H2,1-3H3. The first-order valence-electron chi connectivity index (χ1n) is 5.84. The Hall–Kier alpha value is -1.07. The Bertz CT molecular complexity index is 421. The number of amides is 1. The molecule has 1 amide bonds. The van der Waals surface area contributed by atoms with Gasteiger partial charge in [-0.2, -0.15) is 0 Å². The number of hydrogen-bond donors (Lipinski definition) is 1. The highest BCUT2D eigenvalue weighted by Gasteiger charge is 2.14. The van der Waals surface area contributed by atoms with Gasteiger partial charge in [-0.3, -0.25) is 4.79 Å². The third-order valence-electron chi connectivity index (χ3n) is 2.77. The zero-order valence-corrected chi connectivity index (χ0v) is 12.6. The topological polar surface area (TPSA) is 43.8 Å². The van der Waals surface area contributed by atoms with Crippen LogP contribution in [0.3, 0.4) is 0 Å². The fraction of sp³-hybridized carbons (Fsp3) is 0.462. The Morgan fingerprint density at radius 3 is 2.56 bits per heavy atom. The number of carbonyl (C=O) groups excluding carboxylic acids is 1. The van der Waals surface area contributed by atoms with Crippen molar-refractivity contribution >= 4 is 27.5 Å². The zero-order valence-electron chi connectivity index (χ0n) is 11.0. The number of aliphatic hydroxyl groups excluding tert-OH is 1. The van der Waals surface area contributed by atoms with E-state index in [1.807, 2.05) is 30.0 Å². The van der Waals surface area contributed by atoms with E-state index >= 15 is 0 Å². The molecule has 0 aliphatic heterocycles. The Morgan fingerprint density at radius 1 is 1.39 bits per heavy atom. The van der Waals surface area contributed by atoms with Crippen LogP contribution >= 0.6 is 15.9 Å². The van der Waals surface area contributed by atoms with E-state index in [0.29, 0.717) is 13.1 Å². The van der Waals surface area contributed by atoms with E-state index in [-0.39, 0.29) is 12.5 Å². The second-order valence-electron chi connectivity index (χ2n) is 4.23. The number of rotatable bonds is 5. The van der Waals surface area contributed by atoms with Crippen LogP contribution in [0.15, 0.2) is 22.7 Å². The molecule has 0 heterocycles. The minimum absolute atomic E-state index is 0.0325. The molecule has 0 aliphatic rings. The summed E-state index contributed by atoms with van der Waals surface area (Å²) in [5, 5.41) is 9.36. The van der Waals surface area contributed by atoms with Gasteiger partial charge in [-0.1, -0.05) is 22.0 Å². The van der Waals surface area contributed by atoms with Gasteiger partial charge in [0, 0.05) is 36.4 Å². The summed E-state index contributed by atoms with van der Waals surface area (Å²) in [5.41, 5.74) is 1.72. The molecule has 0 bridgehead atoms. The van der Waals surface area contributed by atoms with Gasteiger partial charge in [0.25, 0.3) is 0 Å². The first-order valence-corrected chi connectivity index (χ1v) is 6.63. The molecule has 1 N–H and O–H groups in total. The molecule has 18 heavy (non-hydrogen) atoms. The second kappa shape index (κ2) is 6.75. The van der Waals surface area contributed by atoms with Crippen LogP contribution in [0.1, 0.15) is 12.5 Å². The molecule has 0 saturated heterocycles. The largest absolute Gasteiger partial charge is 0.392 e. The minimum Gasteiger partial charge on any atom is -0.392 e. The summed E-state index contributed by atoms with van der Waals surface area (Å²) in [5.74, 6) is 0.0423. The Morgan fingerprint density at radius 2 is 2.06 bits per heavy atom. The highest BCUT2D eigenvalue weighted by Crippen LogP contribution is 2.25. The van der Waals surface area contributed by atoms with Crippen LogP contribution in [-0.2, 0) is 11.4 Å². The van der Waals surface area contributed by atoms with E-state index in [9.17, 15) is 9.90 Å². The van der Waals surface area contributed by atoms with E-state index in [4.69, 9.17) is 0 Å². The smallest absolute Gasteiger partial charge is 0.241 e. The lowest BCUT2D eigenvalue weighted by Crippen LogP contribution is -2.37. The first kappa shape index (κ1) is 15.0. The lowest BCUT2D eigenvalue weighted by atomic mass is 10.1. The quantitative estimate of drug-likeness (QED) is 0.902. The van der Waals surface area contributed by atoms with E-state index in [1.54, 1.807) is 19.0 Å². The van der Waals surface area contributed by atoms with Gasteiger partial charge in [0.1, 0.15) is 0 Å². The third-order valence-corrected chi connectivity index (χ3v) is 3.26. The predicted octanol–water partition coefficient (Wildman–Crippen LogP) is 1.86. The number of hydrogen-bond acceptors (Lipinski definition) is 3. The van der Waals surface area contributed by atoms with Crippen LogP contribution in [-0.4, -0.2) is 43.1 Å². The van der Waals surface area contributed by atoms with Crippen LogP contribution in [0, 0.1) is 0 Å². The van der Waals surface area contributed by atoms with Gasteiger partial charge < -0.3 is 14.9 Å². The zero-order chi connectivity index (χ0) is 13.7. The fourth-order valence-corrected chi connectivity index (χ4v) is 1.99. The number of aliphatic hydroxyl groups is 1. The van der Waals surface area contributed by atoms with Crippen molar-refractivity contribution in [3.8, 4) is 0 Å². The maximum atomic E-state index is 11.8. The fourth-order valence-electron chi connectivity index (χ4n) is 1.64. The molecule has 1 rings (SSSR count). The van der Waals surface area contributed by atoms with Gasteiger partial charge >= 0.3 is 0 Å². The molecule has 0 atom stereocenters. The van der Waals surface area contributed by atoms with Gasteiger partial charge in [0.15, 0.2) is 0 Å².